The number of aliphatic imine (C=N–C) groups is 1. The van der Waals surface area contributed by atoms with Crippen molar-refractivity contribution in [2.75, 3.05) is 33.2 Å². The van der Waals surface area contributed by atoms with Crippen LogP contribution in [0, 0.1) is 11.3 Å². The second-order valence-electron chi connectivity index (χ2n) is 5.48. The van der Waals surface area contributed by atoms with E-state index >= 15 is 0 Å². The number of nitrogens with one attached hydrogen (secondary N) is 1. The molecule has 0 atom stereocenters. The van der Waals surface area contributed by atoms with Crippen molar-refractivity contribution in [1.82, 2.24) is 14.7 Å². The first-order chi connectivity index (χ1) is 10.8. The van der Waals surface area contributed by atoms with Crippen LogP contribution in [0.2, 0.25) is 0 Å². The van der Waals surface area contributed by atoms with Crippen LogP contribution in [0.15, 0.2) is 41.5 Å². The summed E-state index contributed by atoms with van der Waals surface area (Å²) >= 11 is 0. The summed E-state index contributed by atoms with van der Waals surface area (Å²) in [6.07, 6.45) is 3.40. The number of likely N-dealkylation sites (N-methyl/N-ethyl adjacent to an activating group) is 1. The standard InChI is InChI=1S/C16H18N6/c1-20-7-9-21(10-8-20)13-18-16-14(11-17)12-19-22(16)15-5-3-2-4-6-15/h2-6,12-13H,7-10H2,1H3/p+1. The van der Waals surface area contributed by atoms with Crippen molar-refractivity contribution in [3.05, 3.63) is 42.1 Å². The van der Waals surface area contributed by atoms with Gasteiger partial charge >= 0.3 is 0 Å². The molecule has 1 saturated heterocycles. The topological polar surface area (TPSA) is 61.6 Å². The van der Waals surface area contributed by atoms with Gasteiger partial charge in [0.2, 0.25) is 0 Å². The second kappa shape index (κ2) is 6.41. The maximum Gasteiger partial charge on any atom is 0.175 e. The second-order valence-corrected chi connectivity index (χ2v) is 5.48. The number of hydrogen-bond acceptors (Lipinski definition) is 3. The van der Waals surface area contributed by atoms with E-state index in [0.29, 0.717) is 11.4 Å². The molecule has 0 amide bonds. The molecule has 0 bridgehead atoms. The van der Waals surface area contributed by atoms with Crippen molar-refractivity contribution in [3.8, 4) is 11.8 Å². The molecule has 1 aliphatic rings. The average Bonchev–Trinajstić information content (AvgIpc) is 2.98. The number of piperazine rings is 1. The van der Waals surface area contributed by atoms with Crippen LogP contribution in [0.1, 0.15) is 5.56 Å². The van der Waals surface area contributed by atoms with Crippen LogP contribution >= 0.6 is 0 Å². The van der Waals surface area contributed by atoms with Gasteiger partial charge in [0, 0.05) is 0 Å². The molecule has 0 unspecified atom stereocenters. The first-order valence-corrected chi connectivity index (χ1v) is 7.41. The van der Waals surface area contributed by atoms with Gasteiger partial charge < -0.3 is 9.80 Å². The minimum Gasteiger partial charge on any atom is -0.351 e. The van der Waals surface area contributed by atoms with E-state index in [4.69, 9.17) is 0 Å². The van der Waals surface area contributed by atoms with E-state index in [9.17, 15) is 5.26 Å². The molecule has 0 aliphatic carbocycles. The van der Waals surface area contributed by atoms with Gasteiger partial charge in [-0.1, -0.05) is 18.2 Å². The Hall–Kier alpha value is -2.65. The van der Waals surface area contributed by atoms with E-state index in [-0.39, 0.29) is 0 Å². The maximum absolute atomic E-state index is 9.26. The van der Waals surface area contributed by atoms with Crippen molar-refractivity contribution in [2.45, 2.75) is 0 Å². The third-order valence-corrected chi connectivity index (χ3v) is 3.86. The summed E-state index contributed by atoms with van der Waals surface area (Å²) in [4.78, 5) is 8.26. The minimum atomic E-state index is 0.486. The quantitative estimate of drug-likeness (QED) is 0.651. The van der Waals surface area contributed by atoms with Crippen LogP contribution in [-0.2, 0) is 0 Å². The van der Waals surface area contributed by atoms with Gasteiger partial charge in [0.15, 0.2) is 5.82 Å². The number of quaternary nitrogens is 1. The smallest absolute Gasteiger partial charge is 0.175 e. The van der Waals surface area contributed by atoms with Crippen LogP contribution in [0.5, 0.6) is 0 Å². The Bertz CT molecular complexity index is 689. The highest BCUT2D eigenvalue weighted by Crippen LogP contribution is 2.22. The van der Waals surface area contributed by atoms with E-state index in [1.807, 2.05) is 36.7 Å². The van der Waals surface area contributed by atoms with Gasteiger partial charge in [-0.3, -0.25) is 0 Å². The molecule has 0 radical (unpaired) electrons. The van der Waals surface area contributed by atoms with Crippen LogP contribution in [0.25, 0.3) is 5.69 Å². The Balaban J connectivity index is 1.86. The summed E-state index contributed by atoms with van der Waals surface area (Å²) in [7, 11) is 2.20. The number of aromatic nitrogens is 2. The lowest BCUT2D eigenvalue weighted by atomic mass is 10.3. The molecule has 6 heteroatoms. The summed E-state index contributed by atoms with van der Waals surface area (Å²) < 4.78 is 1.70. The fourth-order valence-electron chi connectivity index (χ4n) is 2.46. The summed E-state index contributed by atoms with van der Waals surface area (Å²) in [5.74, 6) is 0.583. The zero-order chi connectivity index (χ0) is 15.4. The minimum absolute atomic E-state index is 0.486. The molecule has 0 saturated carbocycles. The van der Waals surface area contributed by atoms with Gasteiger partial charge in [0.05, 0.1) is 51.4 Å². The van der Waals surface area contributed by atoms with Gasteiger partial charge in [0.1, 0.15) is 11.6 Å². The van der Waals surface area contributed by atoms with Crippen LogP contribution in [0.3, 0.4) is 0 Å². The average molecular weight is 295 g/mol. The van der Waals surface area contributed by atoms with E-state index in [1.54, 1.807) is 10.9 Å². The number of nitrogens with zero attached hydrogens (tertiary/aromatic N) is 5. The number of rotatable bonds is 3. The van der Waals surface area contributed by atoms with Crippen molar-refractivity contribution in [3.63, 3.8) is 0 Å². The van der Waals surface area contributed by atoms with E-state index in [0.717, 1.165) is 31.9 Å². The monoisotopic (exact) mass is 295 g/mol. The van der Waals surface area contributed by atoms with Gasteiger partial charge in [-0.2, -0.15) is 10.4 Å². The number of nitriles is 1. The Morgan fingerprint density at radius 3 is 2.68 bits per heavy atom. The molecule has 22 heavy (non-hydrogen) atoms. The maximum atomic E-state index is 9.26. The number of para-hydroxylation sites is 1. The van der Waals surface area contributed by atoms with Crippen LogP contribution in [-0.4, -0.2) is 54.2 Å². The highest BCUT2D eigenvalue weighted by atomic mass is 15.3. The van der Waals surface area contributed by atoms with E-state index in [1.165, 1.54) is 4.90 Å². The first-order valence-electron chi connectivity index (χ1n) is 7.41. The molecule has 1 aromatic heterocycles. The first kappa shape index (κ1) is 14.3. The third-order valence-electron chi connectivity index (χ3n) is 3.86. The zero-order valence-corrected chi connectivity index (χ0v) is 12.6. The lowest BCUT2D eigenvalue weighted by molar-refractivity contribution is -0.883. The highest BCUT2D eigenvalue weighted by molar-refractivity contribution is 5.64. The predicted molar refractivity (Wildman–Crippen MR) is 84.6 cm³/mol. The van der Waals surface area contributed by atoms with Crippen molar-refractivity contribution < 1.29 is 4.90 Å². The molecular formula is C16H19N6+. The lowest BCUT2D eigenvalue weighted by Crippen LogP contribution is -3.11. The molecule has 2 heterocycles. The third kappa shape index (κ3) is 3.00. The van der Waals surface area contributed by atoms with Gasteiger partial charge in [-0.05, 0) is 12.1 Å². The van der Waals surface area contributed by atoms with Crippen LogP contribution < -0.4 is 4.90 Å². The fourth-order valence-corrected chi connectivity index (χ4v) is 2.46. The van der Waals surface area contributed by atoms with Gasteiger partial charge in [-0.15, -0.1) is 0 Å². The molecular weight excluding hydrogens is 276 g/mol. The Kier molecular flexibility index (Phi) is 4.17. The predicted octanol–water partition coefficient (Wildman–Crippen LogP) is 0.234. The van der Waals surface area contributed by atoms with Crippen LogP contribution in [0.4, 0.5) is 5.82 Å². The lowest BCUT2D eigenvalue weighted by Gasteiger charge is -2.28. The number of hydrogen-bond donors (Lipinski definition) is 1. The molecule has 1 fully saturated rings. The molecule has 112 valence electrons. The molecule has 3 rings (SSSR count). The van der Waals surface area contributed by atoms with Crippen molar-refractivity contribution >= 4 is 12.2 Å². The largest absolute Gasteiger partial charge is 0.351 e. The molecule has 2 aromatic rings. The van der Waals surface area contributed by atoms with Crippen molar-refractivity contribution in [1.29, 1.82) is 5.26 Å². The highest BCUT2D eigenvalue weighted by Gasteiger charge is 2.15. The zero-order valence-electron chi connectivity index (χ0n) is 12.6. The summed E-state index contributed by atoms with van der Waals surface area (Å²) in [5.41, 5.74) is 1.39. The normalized spacial score (nSPS) is 16.1. The van der Waals surface area contributed by atoms with Gasteiger partial charge in [0.25, 0.3) is 0 Å². The van der Waals surface area contributed by atoms with E-state index < -0.39 is 0 Å². The number of benzene rings is 1. The van der Waals surface area contributed by atoms with Crippen molar-refractivity contribution in [2.24, 2.45) is 4.99 Å². The molecule has 1 N–H and O–H groups in total. The SMILES string of the molecule is C[NH+]1CCN(C=Nc2c(C#N)cnn2-c2ccccc2)CC1. The summed E-state index contributed by atoms with van der Waals surface area (Å²) in [6, 6.07) is 11.9. The molecule has 1 aliphatic heterocycles. The summed E-state index contributed by atoms with van der Waals surface area (Å²) in [5, 5.41) is 13.5. The molecule has 0 spiro atoms. The summed E-state index contributed by atoms with van der Waals surface area (Å²) in [6.45, 7) is 4.18. The Morgan fingerprint density at radius 1 is 1.27 bits per heavy atom. The molecule has 1 aromatic carbocycles. The Morgan fingerprint density at radius 2 is 2.00 bits per heavy atom. The van der Waals surface area contributed by atoms with E-state index in [2.05, 4.69) is 28.1 Å². The fraction of sp³-hybridized carbons (Fsp3) is 0.312. The van der Waals surface area contributed by atoms with Gasteiger partial charge in [-0.25, -0.2) is 9.67 Å². The molecule has 6 nitrogen and oxygen atoms in total. The Labute approximate surface area is 129 Å².